The molecule has 0 radical (unpaired) electrons. The summed E-state index contributed by atoms with van der Waals surface area (Å²) in [6, 6.07) is 4.22. The van der Waals surface area contributed by atoms with Gasteiger partial charge in [-0.2, -0.15) is 0 Å². The Balaban J connectivity index is 2.07. The standard InChI is InChI=1S/C14H16Br2FNO/c1-9(15)10-4-6-18(7-5-10)14(19)12-8-11(17)2-3-13(12)16/h2-3,8-10H,4-7H2,1H3. The first kappa shape index (κ1) is 15.0. The lowest BCUT2D eigenvalue weighted by atomic mass is 9.94. The van der Waals surface area contributed by atoms with Gasteiger partial charge in [-0.15, -0.1) is 0 Å². The minimum absolute atomic E-state index is 0.0907. The molecule has 0 aliphatic carbocycles. The number of benzene rings is 1. The molecule has 1 fully saturated rings. The first-order valence-corrected chi connectivity index (χ1v) is 8.08. The van der Waals surface area contributed by atoms with Crippen molar-refractivity contribution in [3.63, 3.8) is 0 Å². The van der Waals surface area contributed by atoms with Crippen LogP contribution in [0.3, 0.4) is 0 Å². The van der Waals surface area contributed by atoms with E-state index in [1.807, 2.05) is 4.90 Å². The molecule has 1 heterocycles. The largest absolute Gasteiger partial charge is 0.339 e. The van der Waals surface area contributed by atoms with E-state index in [1.54, 1.807) is 6.07 Å². The summed E-state index contributed by atoms with van der Waals surface area (Å²) >= 11 is 6.91. The summed E-state index contributed by atoms with van der Waals surface area (Å²) in [6.45, 7) is 3.62. The maximum Gasteiger partial charge on any atom is 0.255 e. The SMILES string of the molecule is CC(Br)C1CCN(C(=O)c2cc(F)ccc2Br)CC1. The molecule has 1 unspecified atom stereocenters. The van der Waals surface area contributed by atoms with Crippen molar-refractivity contribution in [1.82, 2.24) is 4.90 Å². The highest BCUT2D eigenvalue weighted by Crippen LogP contribution is 2.27. The summed E-state index contributed by atoms with van der Waals surface area (Å²) in [7, 11) is 0. The first-order valence-electron chi connectivity index (χ1n) is 6.37. The molecule has 1 aliphatic heterocycles. The summed E-state index contributed by atoms with van der Waals surface area (Å²) in [5, 5.41) is 0. The van der Waals surface area contributed by atoms with Gasteiger partial charge in [0.25, 0.3) is 5.91 Å². The Hall–Kier alpha value is -0.420. The van der Waals surface area contributed by atoms with Crippen LogP contribution in [0.2, 0.25) is 0 Å². The number of piperidine rings is 1. The Bertz CT molecular complexity index is 471. The molecule has 0 aromatic heterocycles. The molecule has 0 N–H and O–H groups in total. The lowest BCUT2D eigenvalue weighted by molar-refractivity contribution is 0.0690. The van der Waals surface area contributed by atoms with Crippen LogP contribution in [0.5, 0.6) is 0 Å². The average molecular weight is 393 g/mol. The topological polar surface area (TPSA) is 20.3 Å². The number of hydrogen-bond acceptors (Lipinski definition) is 1. The fourth-order valence-corrected chi connectivity index (χ4v) is 3.34. The van der Waals surface area contributed by atoms with Crippen LogP contribution < -0.4 is 0 Å². The molecule has 1 atom stereocenters. The van der Waals surface area contributed by atoms with Gasteiger partial charge in [-0.1, -0.05) is 22.9 Å². The molecule has 1 saturated heterocycles. The highest BCUT2D eigenvalue weighted by molar-refractivity contribution is 9.10. The van der Waals surface area contributed by atoms with Crippen LogP contribution in [0.4, 0.5) is 4.39 Å². The minimum Gasteiger partial charge on any atom is -0.339 e. The minimum atomic E-state index is -0.379. The Labute approximate surface area is 129 Å². The summed E-state index contributed by atoms with van der Waals surface area (Å²) in [5.41, 5.74) is 0.408. The molecular weight excluding hydrogens is 377 g/mol. The quantitative estimate of drug-likeness (QED) is 0.690. The van der Waals surface area contributed by atoms with Gasteiger partial charge in [0, 0.05) is 22.4 Å². The highest BCUT2D eigenvalue weighted by atomic mass is 79.9. The Morgan fingerprint density at radius 3 is 2.63 bits per heavy atom. The Morgan fingerprint density at radius 1 is 1.42 bits per heavy atom. The van der Waals surface area contributed by atoms with Crippen molar-refractivity contribution in [2.24, 2.45) is 5.92 Å². The second kappa shape index (κ2) is 6.35. The molecule has 5 heteroatoms. The van der Waals surface area contributed by atoms with Gasteiger partial charge in [-0.05, 0) is 52.9 Å². The van der Waals surface area contributed by atoms with Gasteiger partial charge in [0.05, 0.1) is 5.56 Å². The lowest BCUT2D eigenvalue weighted by Gasteiger charge is -2.33. The maximum absolute atomic E-state index is 13.2. The van der Waals surface area contributed by atoms with Crippen LogP contribution >= 0.6 is 31.9 Å². The second-order valence-electron chi connectivity index (χ2n) is 4.93. The predicted octanol–water partition coefficient (Wildman–Crippen LogP) is 4.22. The van der Waals surface area contributed by atoms with Crippen LogP contribution in [0.1, 0.15) is 30.1 Å². The summed E-state index contributed by atoms with van der Waals surface area (Å²) in [5.74, 6) is 0.141. The van der Waals surface area contributed by atoms with Crippen LogP contribution in [0.25, 0.3) is 0 Å². The number of amides is 1. The Morgan fingerprint density at radius 2 is 2.05 bits per heavy atom. The highest BCUT2D eigenvalue weighted by Gasteiger charge is 2.26. The molecule has 0 bridgehead atoms. The number of rotatable bonds is 2. The molecule has 2 nitrogen and oxygen atoms in total. The number of carbonyl (C=O) groups excluding carboxylic acids is 1. The number of carbonyl (C=O) groups is 1. The zero-order chi connectivity index (χ0) is 14.0. The lowest BCUT2D eigenvalue weighted by Crippen LogP contribution is -2.40. The number of nitrogens with zero attached hydrogens (tertiary/aromatic N) is 1. The molecule has 1 aromatic carbocycles. The zero-order valence-electron chi connectivity index (χ0n) is 10.7. The molecule has 1 amide bonds. The number of halogens is 3. The van der Waals surface area contributed by atoms with E-state index in [1.165, 1.54) is 12.1 Å². The van der Waals surface area contributed by atoms with E-state index in [9.17, 15) is 9.18 Å². The first-order chi connectivity index (χ1) is 8.99. The van der Waals surface area contributed by atoms with Gasteiger partial charge in [-0.3, -0.25) is 4.79 Å². The zero-order valence-corrected chi connectivity index (χ0v) is 13.9. The van der Waals surface area contributed by atoms with Crippen molar-refractivity contribution in [2.75, 3.05) is 13.1 Å². The molecule has 1 aromatic rings. The van der Waals surface area contributed by atoms with Crippen molar-refractivity contribution in [2.45, 2.75) is 24.6 Å². The third kappa shape index (κ3) is 3.57. The van der Waals surface area contributed by atoms with Crippen molar-refractivity contribution in [3.8, 4) is 0 Å². The summed E-state index contributed by atoms with van der Waals surface area (Å²) < 4.78 is 13.9. The Kier molecular flexibility index (Phi) is 5.01. The third-order valence-corrected chi connectivity index (χ3v) is 5.07. The van der Waals surface area contributed by atoms with E-state index in [4.69, 9.17) is 0 Å². The number of likely N-dealkylation sites (tertiary alicyclic amines) is 1. The van der Waals surface area contributed by atoms with Gasteiger partial charge in [0.2, 0.25) is 0 Å². The van der Waals surface area contributed by atoms with Gasteiger partial charge in [0.15, 0.2) is 0 Å². The van der Waals surface area contributed by atoms with E-state index >= 15 is 0 Å². The summed E-state index contributed by atoms with van der Waals surface area (Å²) in [4.78, 5) is 14.7. The van der Waals surface area contributed by atoms with Crippen molar-refractivity contribution < 1.29 is 9.18 Å². The summed E-state index contributed by atoms with van der Waals surface area (Å²) in [6.07, 6.45) is 1.98. The maximum atomic E-state index is 13.2. The fraction of sp³-hybridized carbons (Fsp3) is 0.500. The van der Waals surface area contributed by atoms with Gasteiger partial charge < -0.3 is 4.90 Å². The molecule has 1 aliphatic rings. The smallest absolute Gasteiger partial charge is 0.255 e. The average Bonchev–Trinajstić information content (AvgIpc) is 2.41. The van der Waals surface area contributed by atoms with Crippen molar-refractivity contribution in [3.05, 3.63) is 34.1 Å². The van der Waals surface area contributed by atoms with Crippen LogP contribution in [0, 0.1) is 11.7 Å². The molecule has 0 saturated carbocycles. The van der Waals surface area contributed by atoms with Gasteiger partial charge >= 0.3 is 0 Å². The van der Waals surface area contributed by atoms with E-state index in [2.05, 4.69) is 38.8 Å². The monoisotopic (exact) mass is 391 g/mol. The van der Waals surface area contributed by atoms with E-state index in [-0.39, 0.29) is 11.7 Å². The predicted molar refractivity (Wildman–Crippen MR) is 81.1 cm³/mol. The van der Waals surface area contributed by atoms with E-state index in [0.717, 1.165) is 25.9 Å². The van der Waals surface area contributed by atoms with Gasteiger partial charge in [0.1, 0.15) is 5.82 Å². The molecule has 19 heavy (non-hydrogen) atoms. The molecule has 2 rings (SSSR count). The van der Waals surface area contributed by atoms with Gasteiger partial charge in [-0.25, -0.2) is 4.39 Å². The van der Waals surface area contributed by atoms with Crippen molar-refractivity contribution >= 4 is 37.8 Å². The molecular formula is C14H16Br2FNO. The van der Waals surface area contributed by atoms with Crippen LogP contribution in [0.15, 0.2) is 22.7 Å². The molecule has 104 valence electrons. The van der Waals surface area contributed by atoms with Crippen molar-refractivity contribution in [1.29, 1.82) is 0 Å². The number of hydrogen-bond donors (Lipinski definition) is 0. The third-order valence-electron chi connectivity index (χ3n) is 3.64. The number of alkyl halides is 1. The fourth-order valence-electron chi connectivity index (χ4n) is 2.39. The van der Waals surface area contributed by atoms with Crippen LogP contribution in [-0.2, 0) is 0 Å². The van der Waals surface area contributed by atoms with Crippen LogP contribution in [-0.4, -0.2) is 28.7 Å². The molecule has 0 spiro atoms. The normalized spacial score (nSPS) is 18.4. The second-order valence-corrected chi connectivity index (χ2v) is 7.23. The van der Waals surface area contributed by atoms with E-state index < -0.39 is 0 Å². The van der Waals surface area contributed by atoms with E-state index in [0.29, 0.717) is 20.8 Å².